The molecular formula is C15H14N2O4S. The number of nitrogens with one attached hydrogen (secondary N) is 1. The third kappa shape index (κ3) is 4.49. The molecule has 1 aromatic carbocycles. The van der Waals surface area contributed by atoms with Gasteiger partial charge in [0.25, 0.3) is 5.91 Å². The minimum Gasteiger partial charge on any atom is -0.497 e. The number of aromatic nitrogens is 1. The Kier molecular flexibility index (Phi) is 5.37. The number of amides is 1. The number of thioether (sulfide) groups is 1. The van der Waals surface area contributed by atoms with Crippen molar-refractivity contribution < 1.29 is 19.4 Å². The monoisotopic (exact) mass is 318 g/mol. The molecule has 1 heterocycles. The van der Waals surface area contributed by atoms with Gasteiger partial charge in [0, 0.05) is 5.56 Å². The predicted molar refractivity (Wildman–Crippen MR) is 83.5 cm³/mol. The highest BCUT2D eigenvalue weighted by Crippen LogP contribution is 2.18. The van der Waals surface area contributed by atoms with E-state index in [4.69, 9.17) is 9.84 Å². The molecule has 22 heavy (non-hydrogen) atoms. The zero-order valence-electron chi connectivity index (χ0n) is 11.8. The van der Waals surface area contributed by atoms with Crippen molar-refractivity contribution in [3.05, 3.63) is 48.2 Å². The maximum Gasteiger partial charge on any atom is 0.313 e. The summed E-state index contributed by atoms with van der Waals surface area (Å²) in [7, 11) is 1.54. The lowest BCUT2D eigenvalue weighted by atomic mass is 10.2. The number of carbonyl (C=O) groups is 2. The molecule has 0 bridgehead atoms. The van der Waals surface area contributed by atoms with Gasteiger partial charge in [-0.2, -0.15) is 0 Å². The Labute approximate surface area is 131 Å². The number of methoxy groups -OCH3 is 1. The maximum absolute atomic E-state index is 12.1. The number of rotatable bonds is 6. The fraction of sp³-hybridized carbons (Fsp3) is 0.133. The summed E-state index contributed by atoms with van der Waals surface area (Å²) in [5.74, 6) is -0.622. The average molecular weight is 318 g/mol. The Morgan fingerprint density at radius 2 is 2.14 bits per heavy atom. The van der Waals surface area contributed by atoms with Crippen molar-refractivity contribution in [2.75, 3.05) is 18.2 Å². The van der Waals surface area contributed by atoms with Gasteiger partial charge in [-0.25, -0.2) is 4.98 Å². The number of carbonyl (C=O) groups excluding carboxylic acids is 1. The fourth-order valence-corrected chi connectivity index (χ4v) is 2.21. The summed E-state index contributed by atoms with van der Waals surface area (Å²) in [6, 6.07) is 10.1. The molecule has 114 valence electrons. The van der Waals surface area contributed by atoms with Crippen LogP contribution in [-0.2, 0) is 4.79 Å². The van der Waals surface area contributed by atoms with Gasteiger partial charge < -0.3 is 15.2 Å². The number of ether oxygens (including phenoxy) is 1. The van der Waals surface area contributed by atoms with Crippen LogP contribution in [0.1, 0.15) is 10.4 Å². The molecule has 0 spiro atoms. The SMILES string of the molecule is COc1cccc(C(=O)Nc2ccc(SCC(=O)O)nc2)c1. The molecular weight excluding hydrogens is 304 g/mol. The van der Waals surface area contributed by atoms with Crippen molar-refractivity contribution in [2.45, 2.75) is 5.03 Å². The molecule has 0 radical (unpaired) electrons. The van der Waals surface area contributed by atoms with Gasteiger partial charge in [-0.3, -0.25) is 9.59 Å². The van der Waals surface area contributed by atoms with Crippen LogP contribution < -0.4 is 10.1 Å². The summed E-state index contributed by atoms with van der Waals surface area (Å²) in [5, 5.41) is 11.9. The molecule has 1 aromatic heterocycles. The van der Waals surface area contributed by atoms with E-state index in [0.717, 1.165) is 11.8 Å². The van der Waals surface area contributed by atoms with E-state index in [-0.39, 0.29) is 11.7 Å². The first-order valence-corrected chi connectivity index (χ1v) is 7.33. The highest BCUT2D eigenvalue weighted by atomic mass is 32.2. The van der Waals surface area contributed by atoms with Crippen molar-refractivity contribution in [3.8, 4) is 5.75 Å². The number of carboxylic acid groups (broad SMARTS) is 1. The van der Waals surface area contributed by atoms with E-state index in [1.165, 1.54) is 13.3 Å². The maximum atomic E-state index is 12.1. The lowest BCUT2D eigenvalue weighted by Crippen LogP contribution is -2.12. The van der Waals surface area contributed by atoms with Crippen LogP contribution in [0, 0.1) is 0 Å². The smallest absolute Gasteiger partial charge is 0.313 e. The van der Waals surface area contributed by atoms with E-state index < -0.39 is 5.97 Å². The third-order valence-electron chi connectivity index (χ3n) is 2.67. The number of anilines is 1. The van der Waals surface area contributed by atoms with Crippen molar-refractivity contribution >= 4 is 29.3 Å². The summed E-state index contributed by atoms with van der Waals surface area (Å²) >= 11 is 1.12. The summed E-state index contributed by atoms with van der Waals surface area (Å²) in [6.07, 6.45) is 1.49. The van der Waals surface area contributed by atoms with Crippen LogP contribution in [0.25, 0.3) is 0 Å². The van der Waals surface area contributed by atoms with Gasteiger partial charge >= 0.3 is 5.97 Å². The Hall–Kier alpha value is -2.54. The standard InChI is InChI=1S/C15H14N2O4S/c1-21-12-4-2-3-10(7-12)15(20)17-11-5-6-13(16-8-11)22-9-14(18)19/h2-8H,9H2,1H3,(H,17,20)(H,18,19). The Morgan fingerprint density at radius 1 is 1.32 bits per heavy atom. The normalized spacial score (nSPS) is 10.0. The van der Waals surface area contributed by atoms with Crippen molar-refractivity contribution in [1.82, 2.24) is 4.98 Å². The molecule has 0 fully saturated rings. The first kappa shape index (κ1) is 15.8. The zero-order chi connectivity index (χ0) is 15.9. The minimum absolute atomic E-state index is 0.0531. The number of aliphatic carboxylic acids is 1. The average Bonchev–Trinajstić information content (AvgIpc) is 2.54. The molecule has 6 nitrogen and oxygen atoms in total. The molecule has 0 aliphatic rings. The van der Waals surface area contributed by atoms with Crippen LogP contribution in [0.15, 0.2) is 47.6 Å². The summed E-state index contributed by atoms with van der Waals surface area (Å²) in [4.78, 5) is 26.7. The summed E-state index contributed by atoms with van der Waals surface area (Å²) in [5.41, 5.74) is 1.01. The van der Waals surface area contributed by atoms with Crippen LogP contribution in [0.2, 0.25) is 0 Å². The quantitative estimate of drug-likeness (QED) is 0.796. The van der Waals surface area contributed by atoms with Gasteiger partial charge in [-0.1, -0.05) is 17.8 Å². The highest BCUT2D eigenvalue weighted by molar-refractivity contribution is 7.99. The number of benzene rings is 1. The topological polar surface area (TPSA) is 88.5 Å². The van der Waals surface area contributed by atoms with E-state index in [0.29, 0.717) is 22.0 Å². The number of hydrogen-bond acceptors (Lipinski definition) is 5. The van der Waals surface area contributed by atoms with Gasteiger partial charge in [0.2, 0.25) is 0 Å². The first-order chi connectivity index (χ1) is 10.6. The summed E-state index contributed by atoms with van der Waals surface area (Å²) in [6.45, 7) is 0. The fourth-order valence-electron chi connectivity index (χ4n) is 1.64. The molecule has 1 amide bonds. The van der Waals surface area contributed by atoms with E-state index in [9.17, 15) is 9.59 Å². The van der Waals surface area contributed by atoms with Gasteiger partial charge in [-0.05, 0) is 30.3 Å². The van der Waals surface area contributed by atoms with Crippen LogP contribution >= 0.6 is 11.8 Å². The summed E-state index contributed by atoms with van der Waals surface area (Å²) < 4.78 is 5.07. The largest absolute Gasteiger partial charge is 0.497 e. The Bertz CT molecular complexity index is 673. The van der Waals surface area contributed by atoms with Crippen LogP contribution in [0.4, 0.5) is 5.69 Å². The first-order valence-electron chi connectivity index (χ1n) is 6.34. The van der Waals surface area contributed by atoms with Crippen molar-refractivity contribution in [2.24, 2.45) is 0 Å². The lowest BCUT2D eigenvalue weighted by Gasteiger charge is -2.07. The minimum atomic E-state index is -0.901. The number of hydrogen-bond donors (Lipinski definition) is 2. The number of pyridine rings is 1. The van der Waals surface area contributed by atoms with Crippen LogP contribution in [-0.4, -0.2) is 34.8 Å². The molecule has 0 atom stereocenters. The number of nitrogens with zero attached hydrogens (tertiary/aromatic N) is 1. The molecule has 7 heteroatoms. The van der Waals surface area contributed by atoms with E-state index in [1.807, 2.05) is 0 Å². The van der Waals surface area contributed by atoms with Gasteiger partial charge in [0.05, 0.1) is 29.8 Å². The molecule has 0 saturated heterocycles. The Balaban J connectivity index is 2.00. The highest BCUT2D eigenvalue weighted by Gasteiger charge is 2.08. The van der Waals surface area contributed by atoms with E-state index >= 15 is 0 Å². The molecule has 2 rings (SSSR count). The molecule has 2 N–H and O–H groups in total. The molecule has 2 aromatic rings. The number of carboxylic acids is 1. The van der Waals surface area contributed by atoms with E-state index in [1.54, 1.807) is 36.4 Å². The third-order valence-corrected chi connectivity index (χ3v) is 3.60. The second-order valence-electron chi connectivity index (χ2n) is 4.25. The zero-order valence-corrected chi connectivity index (χ0v) is 12.6. The molecule has 0 unspecified atom stereocenters. The predicted octanol–water partition coefficient (Wildman–Crippen LogP) is 2.52. The lowest BCUT2D eigenvalue weighted by molar-refractivity contribution is -0.133. The molecule has 0 aliphatic carbocycles. The molecule has 0 aliphatic heterocycles. The van der Waals surface area contributed by atoms with Crippen LogP contribution in [0.3, 0.4) is 0 Å². The molecule has 0 saturated carbocycles. The van der Waals surface area contributed by atoms with Gasteiger partial charge in [0.1, 0.15) is 5.75 Å². The van der Waals surface area contributed by atoms with E-state index in [2.05, 4.69) is 10.3 Å². The second kappa shape index (κ2) is 7.46. The van der Waals surface area contributed by atoms with Gasteiger partial charge in [0.15, 0.2) is 0 Å². The van der Waals surface area contributed by atoms with Crippen molar-refractivity contribution in [3.63, 3.8) is 0 Å². The van der Waals surface area contributed by atoms with Gasteiger partial charge in [-0.15, -0.1) is 0 Å². The second-order valence-corrected chi connectivity index (χ2v) is 5.25. The Morgan fingerprint density at radius 3 is 2.77 bits per heavy atom. The van der Waals surface area contributed by atoms with Crippen molar-refractivity contribution in [1.29, 1.82) is 0 Å². The van der Waals surface area contributed by atoms with Crippen LogP contribution in [0.5, 0.6) is 5.75 Å².